The fourth-order valence-electron chi connectivity index (χ4n) is 2.99. The number of benzene rings is 2. The predicted octanol–water partition coefficient (Wildman–Crippen LogP) is 2.34. The molecule has 2 aromatic rings. The SMILES string of the molecule is COC(=O)c1ccccc1NC(=O)C1CC(=O)N(c2cccc(C#N)c2)C1. The summed E-state index contributed by atoms with van der Waals surface area (Å²) in [5, 5.41) is 11.7. The number of methoxy groups -OCH3 is 1. The van der Waals surface area contributed by atoms with E-state index >= 15 is 0 Å². The summed E-state index contributed by atoms with van der Waals surface area (Å²) in [5.74, 6) is -1.65. The molecule has 0 spiro atoms. The Hall–Kier alpha value is -3.66. The molecule has 0 aliphatic carbocycles. The van der Waals surface area contributed by atoms with Crippen LogP contribution in [0.4, 0.5) is 11.4 Å². The van der Waals surface area contributed by atoms with E-state index < -0.39 is 11.9 Å². The summed E-state index contributed by atoms with van der Waals surface area (Å²) in [5.41, 5.74) is 1.62. The van der Waals surface area contributed by atoms with Crippen LogP contribution in [-0.2, 0) is 14.3 Å². The van der Waals surface area contributed by atoms with Crippen LogP contribution in [0.3, 0.4) is 0 Å². The van der Waals surface area contributed by atoms with E-state index in [0.29, 0.717) is 16.9 Å². The van der Waals surface area contributed by atoms with Crippen molar-refractivity contribution in [2.24, 2.45) is 5.92 Å². The minimum atomic E-state index is -0.561. The molecule has 1 heterocycles. The molecule has 1 saturated heterocycles. The maximum absolute atomic E-state index is 12.6. The molecule has 136 valence electrons. The normalized spacial score (nSPS) is 15.9. The fraction of sp³-hybridized carbons (Fsp3) is 0.200. The van der Waals surface area contributed by atoms with Gasteiger partial charge >= 0.3 is 5.97 Å². The van der Waals surface area contributed by atoms with Crippen molar-refractivity contribution in [3.63, 3.8) is 0 Å². The quantitative estimate of drug-likeness (QED) is 0.841. The van der Waals surface area contributed by atoms with Gasteiger partial charge in [-0.05, 0) is 30.3 Å². The highest BCUT2D eigenvalue weighted by atomic mass is 16.5. The van der Waals surface area contributed by atoms with Crippen LogP contribution in [0, 0.1) is 17.2 Å². The number of rotatable bonds is 4. The van der Waals surface area contributed by atoms with Gasteiger partial charge in [-0.1, -0.05) is 18.2 Å². The molecule has 3 rings (SSSR count). The Balaban J connectivity index is 1.75. The maximum atomic E-state index is 12.6. The molecule has 0 saturated carbocycles. The molecule has 0 aromatic heterocycles. The third-order valence-corrected chi connectivity index (χ3v) is 4.37. The summed E-state index contributed by atoms with van der Waals surface area (Å²) in [6.45, 7) is 0.208. The molecule has 1 unspecified atom stereocenters. The van der Waals surface area contributed by atoms with Crippen molar-refractivity contribution in [2.75, 3.05) is 23.9 Å². The monoisotopic (exact) mass is 363 g/mol. The molecule has 1 aliphatic rings. The lowest BCUT2D eigenvalue weighted by atomic mass is 10.1. The Bertz CT molecular complexity index is 948. The summed E-state index contributed by atoms with van der Waals surface area (Å²) in [6.07, 6.45) is 0.0585. The van der Waals surface area contributed by atoms with Crippen molar-refractivity contribution in [1.29, 1.82) is 5.26 Å². The number of hydrogen-bond acceptors (Lipinski definition) is 5. The highest BCUT2D eigenvalue weighted by Crippen LogP contribution is 2.27. The van der Waals surface area contributed by atoms with Gasteiger partial charge in [0.2, 0.25) is 11.8 Å². The molecular formula is C20H17N3O4. The molecule has 7 nitrogen and oxygen atoms in total. The number of para-hydroxylation sites is 1. The molecule has 1 fully saturated rings. The highest BCUT2D eigenvalue weighted by Gasteiger charge is 2.35. The topological polar surface area (TPSA) is 99.5 Å². The first-order valence-corrected chi connectivity index (χ1v) is 8.32. The standard InChI is InChI=1S/C20H17N3O4/c1-27-20(26)16-7-2-3-8-17(16)22-19(25)14-10-18(24)23(12-14)15-6-4-5-13(9-15)11-21/h2-9,14H,10,12H2,1H3,(H,22,25). The van der Waals surface area contributed by atoms with E-state index in [0.717, 1.165) is 0 Å². The van der Waals surface area contributed by atoms with E-state index in [1.54, 1.807) is 48.5 Å². The van der Waals surface area contributed by atoms with Crippen LogP contribution in [0.1, 0.15) is 22.3 Å². The van der Waals surface area contributed by atoms with E-state index in [2.05, 4.69) is 5.32 Å². The average molecular weight is 363 g/mol. The van der Waals surface area contributed by atoms with Crippen molar-refractivity contribution in [3.8, 4) is 6.07 Å². The minimum Gasteiger partial charge on any atom is -0.465 e. The van der Waals surface area contributed by atoms with Crippen molar-refractivity contribution >= 4 is 29.2 Å². The van der Waals surface area contributed by atoms with Crippen molar-refractivity contribution < 1.29 is 19.1 Å². The Labute approximate surface area is 156 Å². The van der Waals surface area contributed by atoms with Crippen LogP contribution >= 0.6 is 0 Å². The van der Waals surface area contributed by atoms with Crippen molar-refractivity contribution in [3.05, 3.63) is 59.7 Å². The number of carbonyl (C=O) groups is 3. The number of nitrogens with one attached hydrogen (secondary N) is 1. The number of nitriles is 1. The Morgan fingerprint density at radius 1 is 1.22 bits per heavy atom. The second-order valence-electron chi connectivity index (χ2n) is 6.09. The van der Waals surface area contributed by atoms with Crippen LogP contribution in [0.2, 0.25) is 0 Å². The van der Waals surface area contributed by atoms with Gasteiger partial charge in [0.15, 0.2) is 0 Å². The summed E-state index contributed by atoms with van der Waals surface area (Å²) < 4.78 is 4.72. The number of hydrogen-bond donors (Lipinski definition) is 1. The van der Waals surface area contributed by atoms with Gasteiger partial charge in [0.25, 0.3) is 0 Å². The predicted molar refractivity (Wildman–Crippen MR) is 98.0 cm³/mol. The van der Waals surface area contributed by atoms with E-state index in [-0.39, 0.29) is 30.3 Å². The number of nitrogens with zero attached hydrogens (tertiary/aromatic N) is 2. The molecule has 1 aliphatic heterocycles. The number of esters is 1. The van der Waals surface area contributed by atoms with Gasteiger partial charge in [-0.25, -0.2) is 4.79 Å². The van der Waals surface area contributed by atoms with Gasteiger partial charge in [0.1, 0.15) is 0 Å². The zero-order chi connectivity index (χ0) is 19.4. The van der Waals surface area contributed by atoms with Crippen LogP contribution < -0.4 is 10.2 Å². The van der Waals surface area contributed by atoms with Crippen molar-refractivity contribution in [2.45, 2.75) is 6.42 Å². The first kappa shape index (κ1) is 18.1. The Kier molecular flexibility index (Phi) is 5.18. The first-order valence-electron chi connectivity index (χ1n) is 8.32. The number of ether oxygens (including phenoxy) is 1. The number of carbonyl (C=O) groups excluding carboxylic acids is 3. The minimum absolute atomic E-state index is 0.0585. The highest BCUT2D eigenvalue weighted by molar-refractivity contribution is 6.06. The molecule has 1 N–H and O–H groups in total. The van der Waals surface area contributed by atoms with E-state index in [1.807, 2.05) is 6.07 Å². The Morgan fingerprint density at radius 2 is 2.00 bits per heavy atom. The molecule has 27 heavy (non-hydrogen) atoms. The molecule has 1 atom stereocenters. The maximum Gasteiger partial charge on any atom is 0.339 e. The molecule has 0 bridgehead atoms. The van der Waals surface area contributed by atoms with Gasteiger partial charge in [-0.15, -0.1) is 0 Å². The van der Waals surface area contributed by atoms with Crippen LogP contribution in [0.15, 0.2) is 48.5 Å². The number of anilines is 2. The third kappa shape index (κ3) is 3.80. The van der Waals surface area contributed by atoms with Gasteiger partial charge in [-0.2, -0.15) is 5.26 Å². The lowest BCUT2D eigenvalue weighted by Gasteiger charge is -2.17. The largest absolute Gasteiger partial charge is 0.465 e. The van der Waals surface area contributed by atoms with Crippen LogP contribution in [-0.4, -0.2) is 31.4 Å². The molecule has 2 amide bonds. The molecule has 0 radical (unpaired) electrons. The van der Waals surface area contributed by atoms with E-state index in [9.17, 15) is 14.4 Å². The van der Waals surface area contributed by atoms with Gasteiger partial charge < -0.3 is 15.0 Å². The lowest BCUT2D eigenvalue weighted by molar-refractivity contribution is -0.122. The van der Waals surface area contributed by atoms with E-state index in [4.69, 9.17) is 10.00 Å². The second-order valence-corrected chi connectivity index (χ2v) is 6.09. The zero-order valence-electron chi connectivity index (χ0n) is 14.6. The third-order valence-electron chi connectivity index (χ3n) is 4.37. The van der Waals surface area contributed by atoms with Crippen LogP contribution in [0.5, 0.6) is 0 Å². The first-order chi connectivity index (χ1) is 13.0. The lowest BCUT2D eigenvalue weighted by Crippen LogP contribution is -2.28. The molecular weight excluding hydrogens is 346 g/mol. The Morgan fingerprint density at radius 3 is 2.74 bits per heavy atom. The van der Waals surface area contributed by atoms with Gasteiger partial charge in [0, 0.05) is 18.7 Å². The second kappa shape index (κ2) is 7.70. The number of amides is 2. The zero-order valence-corrected chi connectivity index (χ0v) is 14.6. The summed E-state index contributed by atoms with van der Waals surface area (Å²) in [6, 6.07) is 15.3. The van der Waals surface area contributed by atoms with Crippen molar-refractivity contribution in [1.82, 2.24) is 0 Å². The van der Waals surface area contributed by atoms with Crippen LogP contribution in [0.25, 0.3) is 0 Å². The fourth-order valence-corrected chi connectivity index (χ4v) is 2.99. The average Bonchev–Trinajstić information content (AvgIpc) is 3.09. The van der Waals surface area contributed by atoms with E-state index in [1.165, 1.54) is 12.0 Å². The molecule has 7 heteroatoms. The smallest absolute Gasteiger partial charge is 0.339 e. The van der Waals surface area contributed by atoms with Gasteiger partial charge in [0.05, 0.1) is 35.9 Å². The molecule has 2 aromatic carbocycles. The van der Waals surface area contributed by atoms with Gasteiger partial charge in [-0.3, -0.25) is 9.59 Å². The summed E-state index contributed by atoms with van der Waals surface area (Å²) in [4.78, 5) is 38.3. The summed E-state index contributed by atoms with van der Waals surface area (Å²) in [7, 11) is 1.27. The summed E-state index contributed by atoms with van der Waals surface area (Å²) >= 11 is 0.